The van der Waals surface area contributed by atoms with Crippen LogP contribution in [0.4, 0.5) is 0 Å². The quantitative estimate of drug-likeness (QED) is 0.669. The number of likely N-dealkylation sites (tertiary alicyclic amines) is 1. The fourth-order valence-electron chi connectivity index (χ4n) is 2.98. The zero-order valence-electron chi connectivity index (χ0n) is 14.2. The van der Waals surface area contributed by atoms with Gasteiger partial charge in [0, 0.05) is 6.54 Å². The van der Waals surface area contributed by atoms with E-state index in [-0.39, 0.29) is 5.91 Å². The van der Waals surface area contributed by atoms with Crippen molar-refractivity contribution in [3.8, 4) is 0 Å². The predicted octanol–water partition coefficient (Wildman–Crippen LogP) is 0.389. The summed E-state index contributed by atoms with van der Waals surface area (Å²) in [5.41, 5.74) is 7.49. The number of nitrogens with two attached hydrogens (primary N) is 1. The number of aliphatic carboxylic acids is 2. The zero-order valence-corrected chi connectivity index (χ0v) is 14.2. The van der Waals surface area contributed by atoms with Crippen molar-refractivity contribution >= 4 is 28.9 Å². The third kappa shape index (κ3) is 5.55. The van der Waals surface area contributed by atoms with Gasteiger partial charge < -0.3 is 20.5 Å². The first kappa shape index (κ1) is 19.4. The molecule has 9 nitrogen and oxygen atoms in total. The summed E-state index contributed by atoms with van der Waals surface area (Å²) in [7, 11) is 0. The summed E-state index contributed by atoms with van der Waals surface area (Å²) >= 11 is 0. The van der Waals surface area contributed by atoms with E-state index in [4.69, 9.17) is 25.5 Å². The van der Waals surface area contributed by atoms with Crippen molar-refractivity contribution in [3.63, 3.8) is 0 Å². The molecule has 1 aliphatic heterocycles. The molecule has 1 aromatic carbocycles. The van der Waals surface area contributed by atoms with Crippen molar-refractivity contribution in [3.05, 3.63) is 30.6 Å². The average molecular weight is 362 g/mol. The Morgan fingerprint density at radius 2 is 1.73 bits per heavy atom. The maximum atomic E-state index is 10.9. The third-order valence-corrected chi connectivity index (χ3v) is 4.25. The first-order valence-corrected chi connectivity index (χ1v) is 8.23. The van der Waals surface area contributed by atoms with Gasteiger partial charge in [0.25, 0.3) is 0 Å². The fraction of sp³-hybridized carbons (Fsp3) is 0.412. The molecule has 0 saturated carbocycles. The molecule has 140 valence electrons. The molecule has 26 heavy (non-hydrogen) atoms. The molecule has 1 aliphatic rings. The van der Waals surface area contributed by atoms with E-state index in [2.05, 4.69) is 26.6 Å². The summed E-state index contributed by atoms with van der Waals surface area (Å²) in [6.07, 6.45) is 4.15. The molecule has 1 saturated heterocycles. The van der Waals surface area contributed by atoms with Crippen LogP contribution >= 0.6 is 0 Å². The highest BCUT2D eigenvalue weighted by atomic mass is 16.4. The maximum Gasteiger partial charge on any atom is 0.414 e. The number of carbonyl (C=O) groups excluding carboxylic acids is 1. The number of carboxylic acids is 2. The van der Waals surface area contributed by atoms with Gasteiger partial charge in [-0.05, 0) is 44.0 Å². The fourth-order valence-corrected chi connectivity index (χ4v) is 2.98. The number of nitrogens with zero attached hydrogens (tertiary/aromatic N) is 3. The smallest absolute Gasteiger partial charge is 0.414 e. The lowest BCUT2D eigenvalue weighted by molar-refractivity contribution is -0.159. The topological polar surface area (TPSA) is 139 Å². The normalized spacial score (nSPS) is 15.2. The summed E-state index contributed by atoms with van der Waals surface area (Å²) in [4.78, 5) is 35.7. The molecule has 2 aromatic rings. The molecule has 0 unspecified atom stereocenters. The predicted molar refractivity (Wildman–Crippen MR) is 93.4 cm³/mol. The molecule has 2 heterocycles. The van der Waals surface area contributed by atoms with Gasteiger partial charge in [-0.3, -0.25) is 9.69 Å². The van der Waals surface area contributed by atoms with Gasteiger partial charge in [-0.1, -0.05) is 12.1 Å². The van der Waals surface area contributed by atoms with Crippen molar-refractivity contribution in [2.45, 2.75) is 19.4 Å². The minimum atomic E-state index is -1.82. The van der Waals surface area contributed by atoms with Gasteiger partial charge in [0.15, 0.2) is 0 Å². The molecule has 0 radical (unpaired) electrons. The Labute approximate surface area is 150 Å². The van der Waals surface area contributed by atoms with Gasteiger partial charge in [-0.15, -0.1) is 0 Å². The van der Waals surface area contributed by atoms with Crippen LogP contribution < -0.4 is 5.73 Å². The molecular formula is C17H22N4O5. The van der Waals surface area contributed by atoms with Crippen molar-refractivity contribution in [1.82, 2.24) is 14.5 Å². The number of benzene rings is 1. The Bertz CT molecular complexity index is 768. The summed E-state index contributed by atoms with van der Waals surface area (Å²) in [5.74, 6) is -3.23. The highest BCUT2D eigenvalue weighted by Gasteiger charge is 2.20. The lowest BCUT2D eigenvalue weighted by atomic mass is 9.96. The van der Waals surface area contributed by atoms with Crippen LogP contribution in [0.3, 0.4) is 0 Å². The SMILES string of the molecule is NC(=O)CN1CCC(Cn2cnc3ccccc32)CC1.O=C(O)C(=O)O. The van der Waals surface area contributed by atoms with Gasteiger partial charge in [-0.25, -0.2) is 14.6 Å². The molecule has 0 atom stereocenters. The number of amides is 1. The first-order valence-electron chi connectivity index (χ1n) is 8.23. The molecule has 4 N–H and O–H groups in total. The number of piperidine rings is 1. The number of hydrogen-bond acceptors (Lipinski definition) is 5. The van der Waals surface area contributed by atoms with Crippen molar-refractivity contribution < 1.29 is 24.6 Å². The molecule has 0 aliphatic carbocycles. The van der Waals surface area contributed by atoms with Crippen LogP contribution in [0.25, 0.3) is 11.0 Å². The highest BCUT2D eigenvalue weighted by Crippen LogP contribution is 2.21. The van der Waals surface area contributed by atoms with Crippen LogP contribution in [0.2, 0.25) is 0 Å². The van der Waals surface area contributed by atoms with Crippen LogP contribution in [0.1, 0.15) is 12.8 Å². The Morgan fingerprint density at radius 3 is 2.31 bits per heavy atom. The largest absolute Gasteiger partial charge is 0.473 e. The molecule has 1 aromatic heterocycles. The lowest BCUT2D eigenvalue weighted by Crippen LogP contribution is -2.40. The minimum absolute atomic E-state index is 0.232. The highest BCUT2D eigenvalue weighted by molar-refractivity contribution is 6.27. The van der Waals surface area contributed by atoms with Gasteiger partial charge in [0.2, 0.25) is 5.91 Å². The average Bonchev–Trinajstić information content (AvgIpc) is 3.00. The second-order valence-electron chi connectivity index (χ2n) is 6.18. The van der Waals surface area contributed by atoms with E-state index < -0.39 is 11.9 Å². The minimum Gasteiger partial charge on any atom is -0.473 e. The standard InChI is InChI=1S/C15H20N4O.C2H2O4/c16-15(20)10-18-7-5-12(6-8-18)9-19-11-17-13-3-1-2-4-14(13)19;3-1(4)2(5)6/h1-4,11-12H,5-10H2,(H2,16,20);(H,3,4)(H,5,6). The summed E-state index contributed by atoms with van der Waals surface area (Å²) in [6, 6.07) is 8.23. The summed E-state index contributed by atoms with van der Waals surface area (Å²) < 4.78 is 2.24. The van der Waals surface area contributed by atoms with Crippen LogP contribution in [-0.2, 0) is 20.9 Å². The number of aromatic nitrogens is 2. The Hall–Kier alpha value is -2.94. The van der Waals surface area contributed by atoms with Crippen molar-refractivity contribution in [2.24, 2.45) is 11.7 Å². The van der Waals surface area contributed by atoms with E-state index >= 15 is 0 Å². The molecule has 9 heteroatoms. The molecule has 0 bridgehead atoms. The number of hydrogen-bond donors (Lipinski definition) is 3. The van der Waals surface area contributed by atoms with Crippen molar-refractivity contribution in [2.75, 3.05) is 19.6 Å². The molecule has 3 rings (SSSR count). The van der Waals surface area contributed by atoms with E-state index in [0.717, 1.165) is 38.0 Å². The Kier molecular flexibility index (Phi) is 6.67. The van der Waals surface area contributed by atoms with Crippen LogP contribution in [0, 0.1) is 5.92 Å². The Morgan fingerprint density at radius 1 is 1.12 bits per heavy atom. The third-order valence-electron chi connectivity index (χ3n) is 4.25. The number of imidazole rings is 1. The number of rotatable bonds is 4. The van der Waals surface area contributed by atoms with E-state index in [9.17, 15) is 4.79 Å². The molecule has 1 fully saturated rings. The van der Waals surface area contributed by atoms with E-state index in [0.29, 0.717) is 12.5 Å². The first-order chi connectivity index (χ1) is 12.4. The van der Waals surface area contributed by atoms with Crippen LogP contribution in [0.5, 0.6) is 0 Å². The number of primary amides is 1. The molecular weight excluding hydrogens is 340 g/mol. The lowest BCUT2D eigenvalue weighted by Gasteiger charge is -2.31. The van der Waals surface area contributed by atoms with Gasteiger partial charge in [0.1, 0.15) is 0 Å². The van der Waals surface area contributed by atoms with E-state index in [1.807, 2.05) is 18.5 Å². The summed E-state index contributed by atoms with van der Waals surface area (Å²) in [5, 5.41) is 14.8. The monoisotopic (exact) mass is 362 g/mol. The van der Waals surface area contributed by atoms with E-state index in [1.54, 1.807) is 0 Å². The van der Waals surface area contributed by atoms with Gasteiger partial charge in [-0.2, -0.15) is 0 Å². The number of carboxylic acid groups (broad SMARTS) is 2. The summed E-state index contributed by atoms with van der Waals surface area (Å²) in [6.45, 7) is 3.31. The van der Waals surface area contributed by atoms with Crippen molar-refractivity contribution in [1.29, 1.82) is 0 Å². The number of fused-ring (bicyclic) bond motifs is 1. The molecule has 0 spiro atoms. The molecule has 1 amide bonds. The Balaban J connectivity index is 0.000000352. The second kappa shape index (κ2) is 8.95. The number of para-hydroxylation sites is 2. The van der Waals surface area contributed by atoms with E-state index in [1.165, 1.54) is 5.52 Å². The zero-order chi connectivity index (χ0) is 19.1. The maximum absolute atomic E-state index is 10.9. The van der Waals surface area contributed by atoms with Crippen LogP contribution in [-0.4, -0.2) is 62.1 Å². The number of carbonyl (C=O) groups is 3. The van der Waals surface area contributed by atoms with Gasteiger partial charge in [0.05, 0.1) is 23.9 Å². The second-order valence-corrected chi connectivity index (χ2v) is 6.18. The van der Waals surface area contributed by atoms with Gasteiger partial charge >= 0.3 is 11.9 Å². The van der Waals surface area contributed by atoms with Crippen LogP contribution in [0.15, 0.2) is 30.6 Å².